The van der Waals surface area contributed by atoms with E-state index in [4.69, 9.17) is 5.73 Å². The molecule has 0 spiro atoms. The molecule has 0 atom stereocenters. The molecule has 0 aliphatic heterocycles. The molecule has 20 heavy (non-hydrogen) atoms. The molecule has 1 aliphatic rings. The summed E-state index contributed by atoms with van der Waals surface area (Å²) in [4.78, 5) is 4.53. The fourth-order valence-electron chi connectivity index (χ4n) is 3.17. The molecule has 0 amide bonds. The molecule has 0 bridgehead atoms. The van der Waals surface area contributed by atoms with Crippen molar-refractivity contribution in [2.75, 3.05) is 17.6 Å². The third kappa shape index (κ3) is 3.06. The average molecular weight is 289 g/mol. The summed E-state index contributed by atoms with van der Waals surface area (Å²) in [5.74, 6) is 0.970. The van der Waals surface area contributed by atoms with Crippen LogP contribution in [0.1, 0.15) is 43.5 Å². The molecule has 0 unspecified atom stereocenters. The van der Waals surface area contributed by atoms with Crippen molar-refractivity contribution in [1.82, 2.24) is 4.98 Å². The van der Waals surface area contributed by atoms with Gasteiger partial charge in [-0.3, -0.25) is 0 Å². The van der Waals surface area contributed by atoms with E-state index in [1.807, 2.05) is 13.0 Å². The second-order valence-electron chi connectivity index (χ2n) is 5.86. The molecule has 3 rings (SSSR count). The molecule has 108 valence electrons. The molecule has 0 radical (unpaired) electrons. The van der Waals surface area contributed by atoms with Crippen LogP contribution in [0.15, 0.2) is 12.1 Å². The summed E-state index contributed by atoms with van der Waals surface area (Å²) in [5, 5.41) is 4.57. The molecule has 1 saturated carbocycles. The first-order chi connectivity index (χ1) is 9.72. The normalized spacial score (nSPS) is 16.1. The molecule has 1 aromatic carbocycles. The van der Waals surface area contributed by atoms with Crippen LogP contribution < -0.4 is 11.1 Å². The van der Waals surface area contributed by atoms with Gasteiger partial charge in [-0.2, -0.15) is 0 Å². The molecule has 1 aromatic heterocycles. The molecule has 3 nitrogen and oxygen atoms in total. The van der Waals surface area contributed by atoms with Crippen LogP contribution in [0.3, 0.4) is 0 Å². The van der Waals surface area contributed by atoms with Gasteiger partial charge in [-0.25, -0.2) is 4.98 Å². The summed E-state index contributed by atoms with van der Waals surface area (Å²) in [6.45, 7) is 3.05. The zero-order valence-corrected chi connectivity index (χ0v) is 12.9. The first-order valence-electron chi connectivity index (χ1n) is 7.63. The number of aryl methyl sites for hydroxylation is 1. The SMILES string of the molecule is Cc1nc2cc(NCCCC3CCCC3)c(N)cc2s1. The summed E-state index contributed by atoms with van der Waals surface area (Å²) in [5.41, 5.74) is 9.04. The van der Waals surface area contributed by atoms with Gasteiger partial charge in [0.2, 0.25) is 0 Å². The number of hydrogen-bond acceptors (Lipinski definition) is 4. The van der Waals surface area contributed by atoms with Gasteiger partial charge in [-0.15, -0.1) is 11.3 Å². The van der Waals surface area contributed by atoms with E-state index in [1.54, 1.807) is 11.3 Å². The first kappa shape index (κ1) is 13.7. The number of anilines is 2. The van der Waals surface area contributed by atoms with Crippen LogP contribution in [-0.2, 0) is 0 Å². The second kappa shape index (κ2) is 6.00. The Morgan fingerprint density at radius 2 is 2.15 bits per heavy atom. The predicted molar refractivity (Wildman–Crippen MR) is 88.5 cm³/mol. The largest absolute Gasteiger partial charge is 0.397 e. The third-order valence-corrected chi connectivity index (χ3v) is 5.18. The van der Waals surface area contributed by atoms with Gasteiger partial charge in [0.25, 0.3) is 0 Å². The van der Waals surface area contributed by atoms with Gasteiger partial charge in [0, 0.05) is 6.54 Å². The zero-order chi connectivity index (χ0) is 13.9. The number of nitrogen functional groups attached to an aromatic ring is 1. The fraction of sp³-hybridized carbons (Fsp3) is 0.562. The molecule has 1 heterocycles. The van der Waals surface area contributed by atoms with Gasteiger partial charge >= 0.3 is 0 Å². The minimum absolute atomic E-state index is 0.835. The van der Waals surface area contributed by atoms with Crippen molar-refractivity contribution < 1.29 is 0 Å². The Balaban J connectivity index is 1.57. The van der Waals surface area contributed by atoms with Crippen LogP contribution in [0.25, 0.3) is 10.2 Å². The van der Waals surface area contributed by atoms with Crippen LogP contribution in [0.5, 0.6) is 0 Å². The van der Waals surface area contributed by atoms with Crippen LogP contribution in [0.4, 0.5) is 11.4 Å². The predicted octanol–water partition coefficient (Wildman–Crippen LogP) is 4.57. The van der Waals surface area contributed by atoms with Crippen LogP contribution in [-0.4, -0.2) is 11.5 Å². The van der Waals surface area contributed by atoms with Crippen molar-refractivity contribution in [3.05, 3.63) is 17.1 Å². The van der Waals surface area contributed by atoms with Gasteiger partial charge in [-0.1, -0.05) is 25.7 Å². The highest BCUT2D eigenvalue weighted by atomic mass is 32.1. The minimum Gasteiger partial charge on any atom is -0.397 e. The smallest absolute Gasteiger partial charge is 0.0907 e. The molecule has 0 saturated heterocycles. The Labute approximate surface area is 124 Å². The Morgan fingerprint density at radius 3 is 2.95 bits per heavy atom. The number of rotatable bonds is 5. The standard InChI is InChI=1S/C16H23N3S/c1-11-19-15-10-14(13(17)9-16(15)20-11)18-8-4-7-12-5-2-3-6-12/h9-10,12,18H,2-8,17H2,1H3. The zero-order valence-electron chi connectivity index (χ0n) is 12.1. The lowest BCUT2D eigenvalue weighted by Gasteiger charge is -2.11. The maximum Gasteiger partial charge on any atom is 0.0907 e. The van der Waals surface area contributed by atoms with Gasteiger partial charge in [0.1, 0.15) is 0 Å². The van der Waals surface area contributed by atoms with E-state index in [9.17, 15) is 0 Å². The number of nitrogens with one attached hydrogen (secondary N) is 1. The molecule has 1 aliphatic carbocycles. The summed E-state index contributed by atoms with van der Waals surface area (Å²) >= 11 is 1.70. The number of nitrogens with zero attached hydrogens (tertiary/aromatic N) is 1. The summed E-state index contributed by atoms with van der Waals surface area (Å²) in [6.07, 6.45) is 8.33. The van der Waals surface area contributed by atoms with E-state index in [1.165, 1.54) is 43.2 Å². The molecule has 3 N–H and O–H groups in total. The lowest BCUT2D eigenvalue weighted by Crippen LogP contribution is -2.06. The second-order valence-corrected chi connectivity index (χ2v) is 7.09. The van der Waals surface area contributed by atoms with E-state index in [2.05, 4.69) is 16.4 Å². The van der Waals surface area contributed by atoms with Crippen molar-refractivity contribution >= 4 is 32.9 Å². The number of benzene rings is 1. The first-order valence-corrected chi connectivity index (χ1v) is 8.44. The Hall–Kier alpha value is -1.29. The third-order valence-electron chi connectivity index (χ3n) is 4.25. The van der Waals surface area contributed by atoms with E-state index < -0.39 is 0 Å². The highest BCUT2D eigenvalue weighted by Gasteiger charge is 2.14. The van der Waals surface area contributed by atoms with Gasteiger partial charge in [0.05, 0.1) is 26.6 Å². The van der Waals surface area contributed by atoms with E-state index in [-0.39, 0.29) is 0 Å². The number of thiazole rings is 1. The van der Waals surface area contributed by atoms with Gasteiger partial charge < -0.3 is 11.1 Å². The maximum atomic E-state index is 6.12. The quantitative estimate of drug-likeness (QED) is 0.626. The topological polar surface area (TPSA) is 50.9 Å². The minimum atomic E-state index is 0.835. The average Bonchev–Trinajstić information content (AvgIpc) is 3.03. The Bertz CT molecular complexity index is 585. The molecular formula is C16H23N3S. The maximum absolute atomic E-state index is 6.12. The number of fused-ring (bicyclic) bond motifs is 1. The van der Waals surface area contributed by atoms with Gasteiger partial charge in [-0.05, 0) is 37.8 Å². The monoisotopic (exact) mass is 289 g/mol. The van der Waals surface area contributed by atoms with Crippen molar-refractivity contribution in [2.45, 2.75) is 45.4 Å². The highest BCUT2D eigenvalue weighted by molar-refractivity contribution is 7.18. The van der Waals surface area contributed by atoms with Crippen LogP contribution in [0.2, 0.25) is 0 Å². The fourth-order valence-corrected chi connectivity index (χ4v) is 4.03. The lowest BCUT2D eigenvalue weighted by atomic mass is 10.0. The molecule has 4 heteroatoms. The van der Waals surface area contributed by atoms with Gasteiger partial charge in [0.15, 0.2) is 0 Å². The van der Waals surface area contributed by atoms with Crippen molar-refractivity contribution in [3.63, 3.8) is 0 Å². The van der Waals surface area contributed by atoms with Crippen LogP contribution in [0, 0.1) is 12.8 Å². The number of aromatic nitrogens is 1. The Kier molecular flexibility index (Phi) is 4.10. The number of nitrogens with two attached hydrogens (primary N) is 1. The van der Waals surface area contributed by atoms with E-state index in [0.717, 1.165) is 34.4 Å². The Morgan fingerprint density at radius 1 is 1.35 bits per heavy atom. The van der Waals surface area contributed by atoms with Crippen molar-refractivity contribution in [3.8, 4) is 0 Å². The molecule has 2 aromatic rings. The molecular weight excluding hydrogens is 266 g/mol. The van der Waals surface area contributed by atoms with E-state index in [0.29, 0.717) is 0 Å². The van der Waals surface area contributed by atoms with Crippen molar-refractivity contribution in [1.29, 1.82) is 0 Å². The van der Waals surface area contributed by atoms with Crippen molar-refractivity contribution in [2.24, 2.45) is 5.92 Å². The molecule has 1 fully saturated rings. The summed E-state index contributed by atoms with van der Waals surface area (Å²) < 4.78 is 1.18. The summed E-state index contributed by atoms with van der Waals surface area (Å²) in [7, 11) is 0. The van der Waals surface area contributed by atoms with Crippen LogP contribution >= 0.6 is 11.3 Å². The van der Waals surface area contributed by atoms with E-state index >= 15 is 0 Å². The summed E-state index contributed by atoms with van der Waals surface area (Å²) in [6, 6.07) is 4.13. The lowest BCUT2D eigenvalue weighted by molar-refractivity contribution is 0.491. The highest BCUT2D eigenvalue weighted by Crippen LogP contribution is 2.31. The number of hydrogen-bond donors (Lipinski definition) is 2.